The van der Waals surface area contributed by atoms with Gasteiger partial charge in [-0.1, -0.05) is 12.1 Å². The van der Waals surface area contributed by atoms with E-state index in [1.54, 1.807) is 29.1 Å². The summed E-state index contributed by atoms with van der Waals surface area (Å²) in [6.45, 7) is 0.392. The highest BCUT2D eigenvalue weighted by molar-refractivity contribution is 5.89. The number of anilines is 1. The maximum Gasteiger partial charge on any atom is 0.435 e. The Hall–Kier alpha value is -3.17. The quantitative estimate of drug-likeness (QED) is 0.582. The molecule has 158 valence electrons. The molecule has 0 unspecified atom stereocenters. The second kappa shape index (κ2) is 7.92. The third kappa shape index (κ3) is 4.87. The number of nitrogens with zero attached hydrogens (tertiary/aromatic N) is 4. The fourth-order valence-electron chi connectivity index (χ4n) is 3.21. The van der Waals surface area contributed by atoms with Gasteiger partial charge in [0, 0.05) is 36.8 Å². The van der Waals surface area contributed by atoms with E-state index in [1.165, 1.54) is 16.8 Å². The summed E-state index contributed by atoms with van der Waals surface area (Å²) in [6, 6.07) is 8.79. The fourth-order valence-corrected chi connectivity index (χ4v) is 3.21. The highest BCUT2D eigenvalue weighted by Gasteiger charge is 2.37. The Balaban J connectivity index is 1.34. The summed E-state index contributed by atoms with van der Waals surface area (Å²) in [5.41, 5.74) is 0.318. The van der Waals surface area contributed by atoms with Crippen molar-refractivity contribution in [1.82, 2.24) is 19.6 Å². The molecule has 3 aromatic rings. The van der Waals surface area contributed by atoms with E-state index >= 15 is 0 Å². The number of carbonyl (C=O) groups excluding carboxylic acids is 1. The lowest BCUT2D eigenvalue weighted by atomic mass is 10.2. The van der Waals surface area contributed by atoms with E-state index in [9.17, 15) is 22.4 Å². The fraction of sp³-hybridized carbons (Fsp3) is 0.350. The zero-order chi connectivity index (χ0) is 21.3. The average Bonchev–Trinajstić information content (AvgIpc) is 3.26. The number of aryl methyl sites for hydroxylation is 1. The summed E-state index contributed by atoms with van der Waals surface area (Å²) >= 11 is 0. The maximum absolute atomic E-state index is 13.3. The van der Waals surface area contributed by atoms with Crippen LogP contribution in [-0.2, 0) is 24.1 Å². The number of rotatable bonds is 7. The first kappa shape index (κ1) is 20.1. The van der Waals surface area contributed by atoms with Gasteiger partial charge in [-0.3, -0.25) is 14.2 Å². The Morgan fingerprint density at radius 1 is 1.17 bits per heavy atom. The molecule has 6 nitrogen and oxygen atoms in total. The van der Waals surface area contributed by atoms with Gasteiger partial charge in [0.25, 0.3) is 0 Å². The van der Waals surface area contributed by atoms with Gasteiger partial charge in [0.2, 0.25) is 5.91 Å². The Labute approximate surface area is 169 Å². The van der Waals surface area contributed by atoms with E-state index < -0.39 is 11.9 Å². The molecule has 1 aromatic carbocycles. The van der Waals surface area contributed by atoms with Crippen molar-refractivity contribution in [2.45, 2.75) is 44.4 Å². The normalized spacial score (nSPS) is 14.1. The first-order valence-corrected chi connectivity index (χ1v) is 9.50. The Morgan fingerprint density at radius 3 is 2.67 bits per heavy atom. The molecule has 1 saturated carbocycles. The number of amides is 1. The minimum atomic E-state index is -4.51. The van der Waals surface area contributed by atoms with Gasteiger partial charge in [-0.05, 0) is 36.6 Å². The van der Waals surface area contributed by atoms with Gasteiger partial charge in [-0.25, -0.2) is 4.39 Å². The lowest BCUT2D eigenvalue weighted by Crippen LogP contribution is -2.17. The second-order valence-electron chi connectivity index (χ2n) is 7.28. The molecule has 4 rings (SSSR count). The predicted octanol–water partition coefficient (Wildman–Crippen LogP) is 4.19. The molecule has 2 heterocycles. The molecule has 0 aliphatic heterocycles. The van der Waals surface area contributed by atoms with Crippen LogP contribution in [0.4, 0.5) is 23.4 Å². The number of aromatic nitrogens is 4. The van der Waals surface area contributed by atoms with Crippen LogP contribution in [0.2, 0.25) is 0 Å². The maximum atomic E-state index is 13.3. The van der Waals surface area contributed by atoms with Crippen LogP contribution in [0.3, 0.4) is 0 Å². The molecule has 1 aliphatic carbocycles. The smallest absolute Gasteiger partial charge is 0.309 e. The van der Waals surface area contributed by atoms with E-state index in [0.717, 1.165) is 24.5 Å². The zero-order valence-electron chi connectivity index (χ0n) is 15.9. The molecule has 0 radical (unpaired) electrons. The largest absolute Gasteiger partial charge is 0.435 e. The molecule has 1 aliphatic rings. The van der Waals surface area contributed by atoms with Gasteiger partial charge in [-0.2, -0.15) is 23.4 Å². The summed E-state index contributed by atoms with van der Waals surface area (Å²) in [4.78, 5) is 12.2. The molecular formula is C20H19F4N5O. The third-order valence-corrected chi connectivity index (χ3v) is 4.79. The lowest BCUT2D eigenvalue weighted by Gasteiger charge is -2.07. The summed E-state index contributed by atoms with van der Waals surface area (Å²) in [7, 11) is 0. The molecule has 1 N–H and O–H groups in total. The van der Waals surface area contributed by atoms with Crippen LogP contribution in [0.1, 0.15) is 42.1 Å². The average molecular weight is 421 g/mol. The van der Waals surface area contributed by atoms with Crippen LogP contribution in [0.25, 0.3) is 0 Å². The molecule has 0 saturated heterocycles. The monoisotopic (exact) mass is 421 g/mol. The predicted molar refractivity (Wildman–Crippen MR) is 100 cm³/mol. The number of halogens is 4. The van der Waals surface area contributed by atoms with Crippen LogP contribution >= 0.6 is 0 Å². The Kier molecular flexibility index (Phi) is 5.31. The number of hydrogen-bond acceptors (Lipinski definition) is 3. The number of carbonyl (C=O) groups is 1. The van der Waals surface area contributed by atoms with Crippen LogP contribution in [-0.4, -0.2) is 25.5 Å². The van der Waals surface area contributed by atoms with Crippen molar-refractivity contribution in [2.75, 3.05) is 5.32 Å². The Morgan fingerprint density at radius 2 is 1.97 bits per heavy atom. The van der Waals surface area contributed by atoms with E-state index in [4.69, 9.17) is 0 Å². The minimum Gasteiger partial charge on any atom is -0.309 e. The van der Waals surface area contributed by atoms with Gasteiger partial charge < -0.3 is 5.32 Å². The molecule has 0 spiro atoms. The van der Waals surface area contributed by atoms with Crippen molar-refractivity contribution < 1.29 is 22.4 Å². The van der Waals surface area contributed by atoms with E-state index in [-0.39, 0.29) is 30.6 Å². The zero-order valence-corrected chi connectivity index (χ0v) is 15.9. The standard InChI is InChI=1S/C20H19F4N5O/c21-15-3-1-2-13(10-15)12-28-8-6-18(27-28)25-19(30)7-9-29-16(14-4-5-14)11-17(26-29)20(22,23)24/h1-3,6,8,10-11,14H,4-5,7,9,12H2,(H,25,27,30). The number of alkyl halides is 3. The lowest BCUT2D eigenvalue weighted by molar-refractivity contribution is -0.141. The van der Waals surface area contributed by atoms with Gasteiger partial charge in [0.1, 0.15) is 5.82 Å². The van der Waals surface area contributed by atoms with Crippen molar-refractivity contribution in [1.29, 1.82) is 0 Å². The summed E-state index contributed by atoms with van der Waals surface area (Å²) in [5, 5.41) is 10.5. The molecule has 30 heavy (non-hydrogen) atoms. The van der Waals surface area contributed by atoms with Crippen molar-refractivity contribution >= 4 is 11.7 Å². The third-order valence-electron chi connectivity index (χ3n) is 4.79. The summed E-state index contributed by atoms with van der Waals surface area (Å²) < 4.78 is 54.9. The first-order valence-electron chi connectivity index (χ1n) is 9.50. The molecule has 0 bridgehead atoms. The molecule has 10 heteroatoms. The van der Waals surface area contributed by atoms with E-state index in [1.807, 2.05) is 0 Å². The summed E-state index contributed by atoms with van der Waals surface area (Å²) in [6.07, 6.45) is -1.23. The van der Waals surface area contributed by atoms with Gasteiger partial charge in [0.05, 0.1) is 6.54 Å². The van der Waals surface area contributed by atoms with Crippen LogP contribution in [0, 0.1) is 5.82 Å². The SMILES string of the molecule is O=C(CCn1nc(C(F)(F)F)cc1C1CC1)Nc1ccn(Cc2cccc(F)c2)n1. The molecule has 2 aromatic heterocycles. The topological polar surface area (TPSA) is 64.7 Å². The molecule has 1 fully saturated rings. The van der Waals surface area contributed by atoms with Crippen LogP contribution < -0.4 is 5.32 Å². The number of nitrogens with one attached hydrogen (secondary N) is 1. The Bertz CT molecular complexity index is 1050. The molecule has 0 atom stereocenters. The van der Waals surface area contributed by atoms with Crippen LogP contribution in [0.5, 0.6) is 0 Å². The molecular weight excluding hydrogens is 402 g/mol. The van der Waals surface area contributed by atoms with Crippen molar-refractivity contribution in [2.24, 2.45) is 0 Å². The van der Waals surface area contributed by atoms with Gasteiger partial charge in [0.15, 0.2) is 11.5 Å². The van der Waals surface area contributed by atoms with Crippen molar-refractivity contribution in [3.05, 3.63) is 65.4 Å². The highest BCUT2D eigenvalue weighted by Crippen LogP contribution is 2.42. The summed E-state index contributed by atoms with van der Waals surface area (Å²) in [5.74, 6) is -0.326. The first-order chi connectivity index (χ1) is 14.3. The van der Waals surface area contributed by atoms with Crippen molar-refractivity contribution in [3.8, 4) is 0 Å². The highest BCUT2D eigenvalue weighted by atomic mass is 19.4. The van der Waals surface area contributed by atoms with E-state index in [2.05, 4.69) is 15.5 Å². The minimum absolute atomic E-state index is 0.0323. The number of benzene rings is 1. The van der Waals surface area contributed by atoms with Gasteiger partial charge in [-0.15, -0.1) is 0 Å². The van der Waals surface area contributed by atoms with Crippen molar-refractivity contribution in [3.63, 3.8) is 0 Å². The van der Waals surface area contributed by atoms with E-state index in [0.29, 0.717) is 18.1 Å². The van der Waals surface area contributed by atoms with Gasteiger partial charge >= 0.3 is 6.18 Å². The van der Waals surface area contributed by atoms with Crippen LogP contribution in [0.15, 0.2) is 42.6 Å². The number of hydrogen-bond donors (Lipinski definition) is 1. The second-order valence-corrected chi connectivity index (χ2v) is 7.28. The molecule has 1 amide bonds.